The fourth-order valence-corrected chi connectivity index (χ4v) is 5.88. The summed E-state index contributed by atoms with van der Waals surface area (Å²) in [5.41, 5.74) is 1.39. The van der Waals surface area contributed by atoms with Crippen molar-refractivity contribution in [1.82, 2.24) is 0 Å². The fourth-order valence-electron chi connectivity index (χ4n) is 5.20. The molecule has 2 aromatic carbocycles. The highest BCUT2D eigenvalue weighted by molar-refractivity contribution is 6.51. The summed E-state index contributed by atoms with van der Waals surface area (Å²) in [4.78, 5) is 30.5. The van der Waals surface area contributed by atoms with E-state index in [1.165, 1.54) is 31.4 Å². The van der Waals surface area contributed by atoms with Gasteiger partial charge in [-0.1, -0.05) is 30.1 Å². The summed E-state index contributed by atoms with van der Waals surface area (Å²) in [5.74, 6) is -0.989. The van der Waals surface area contributed by atoms with Gasteiger partial charge < -0.3 is 23.9 Å². The Labute approximate surface area is 236 Å². The molecule has 1 N–H and O–H groups in total. The molecule has 39 heavy (non-hydrogen) atoms. The first kappa shape index (κ1) is 27.0. The molecule has 0 saturated carbocycles. The Balaban J connectivity index is 1.61. The number of ether oxygens (including phenoxy) is 2. The van der Waals surface area contributed by atoms with Gasteiger partial charge in [-0.05, 0) is 61.2 Å². The Morgan fingerprint density at radius 3 is 2.23 bits per heavy atom. The molecule has 2 aliphatic heterocycles. The minimum atomic E-state index is -1.04. The minimum Gasteiger partial charge on any atom is -0.507 e. The van der Waals surface area contributed by atoms with E-state index in [2.05, 4.69) is 11.8 Å². The number of carbonyl (C=O) groups excluding carboxylic acids is 2. The van der Waals surface area contributed by atoms with Crippen LogP contribution in [-0.2, 0) is 9.59 Å². The van der Waals surface area contributed by atoms with Crippen molar-refractivity contribution < 1.29 is 28.6 Å². The predicted octanol–water partition coefficient (Wildman–Crippen LogP) is 6.47. The number of methoxy groups -OCH3 is 2. The lowest BCUT2D eigenvalue weighted by Gasteiger charge is -2.32. The van der Waals surface area contributed by atoms with E-state index in [1.807, 2.05) is 12.1 Å². The summed E-state index contributed by atoms with van der Waals surface area (Å²) in [6.45, 7) is 4.19. The average Bonchev–Trinajstić information content (AvgIpc) is 3.55. The summed E-state index contributed by atoms with van der Waals surface area (Å²) in [6, 6.07) is 11.1. The van der Waals surface area contributed by atoms with Crippen molar-refractivity contribution in [2.75, 3.05) is 37.1 Å². The van der Waals surface area contributed by atoms with Gasteiger partial charge >= 0.3 is 0 Å². The molecule has 2 aliphatic rings. The number of Topliss-reactive ketones (excluding diaryl/α,β-unsaturated/α-hetero) is 1. The standard InChI is InChI=1S/C29H28Cl2N2O6/c1-16-10-12-32(13-11-16)17-6-8-18(9-7-17)33-24(21-5-4-14-39-21)22(26(35)29(33)36)25(34)19-15-20(30)28(38-3)23(31)27(19)37-2/h4-9,14-16,24,34H,10-13H2,1-3H3/b25-22-. The van der Waals surface area contributed by atoms with Gasteiger partial charge in [-0.3, -0.25) is 14.5 Å². The summed E-state index contributed by atoms with van der Waals surface area (Å²) >= 11 is 12.8. The van der Waals surface area contributed by atoms with Crippen LogP contribution in [0.4, 0.5) is 11.4 Å². The summed E-state index contributed by atoms with van der Waals surface area (Å²) in [6.07, 6.45) is 3.69. The molecule has 2 fully saturated rings. The van der Waals surface area contributed by atoms with Crippen molar-refractivity contribution in [3.05, 3.63) is 75.7 Å². The second kappa shape index (κ2) is 10.9. The lowest BCUT2D eigenvalue weighted by atomic mass is 9.98. The zero-order chi connectivity index (χ0) is 27.8. The molecule has 0 radical (unpaired) electrons. The van der Waals surface area contributed by atoms with E-state index >= 15 is 0 Å². The van der Waals surface area contributed by atoms with Crippen LogP contribution in [-0.4, -0.2) is 44.1 Å². The van der Waals surface area contributed by atoms with Crippen molar-refractivity contribution in [2.24, 2.45) is 5.92 Å². The van der Waals surface area contributed by atoms with Crippen LogP contribution in [0.3, 0.4) is 0 Å². The fraction of sp³-hybridized carbons (Fsp3) is 0.310. The highest BCUT2D eigenvalue weighted by Gasteiger charge is 2.48. The maximum atomic E-state index is 13.5. The third-order valence-corrected chi connectivity index (χ3v) is 7.95. The van der Waals surface area contributed by atoms with E-state index in [0.717, 1.165) is 31.6 Å². The van der Waals surface area contributed by atoms with Gasteiger partial charge in [0, 0.05) is 24.5 Å². The quantitative estimate of drug-likeness (QED) is 0.206. The molecule has 0 aliphatic carbocycles. The number of ketones is 1. The third-order valence-electron chi connectivity index (χ3n) is 7.33. The molecular weight excluding hydrogens is 543 g/mol. The highest BCUT2D eigenvalue weighted by atomic mass is 35.5. The van der Waals surface area contributed by atoms with Crippen LogP contribution >= 0.6 is 23.2 Å². The molecule has 1 atom stereocenters. The Hall–Kier alpha value is -3.62. The van der Waals surface area contributed by atoms with Gasteiger partial charge in [-0.15, -0.1) is 0 Å². The zero-order valence-corrected chi connectivity index (χ0v) is 23.3. The molecule has 10 heteroatoms. The Morgan fingerprint density at radius 1 is 1.00 bits per heavy atom. The number of benzene rings is 2. The number of aliphatic hydroxyl groups is 1. The summed E-state index contributed by atoms with van der Waals surface area (Å²) in [5, 5.41) is 11.6. The summed E-state index contributed by atoms with van der Waals surface area (Å²) in [7, 11) is 2.75. The SMILES string of the molecule is COc1c(Cl)cc(/C(O)=C2/C(=O)C(=O)N(c3ccc(N4CCC(C)CC4)cc3)C2c2ccco2)c(OC)c1Cl. The van der Waals surface area contributed by atoms with Crippen molar-refractivity contribution >= 4 is 52.0 Å². The maximum Gasteiger partial charge on any atom is 0.300 e. The minimum absolute atomic E-state index is 0.0144. The molecule has 3 aromatic rings. The van der Waals surface area contributed by atoms with Crippen molar-refractivity contribution in [3.8, 4) is 11.5 Å². The molecule has 1 amide bonds. The largest absolute Gasteiger partial charge is 0.507 e. The number of nitrogens with zero attached hydrogens (tertiary/aromatic N) is 2. The van der Waals surface area contributed by atoms with Crippen LogP contribution < -0.4 is 19.3 Å². The van der Waals surface area contributed by atoms with Crippen molar-refractivity contribution in [3.63, 3.8) is 0 Å². The number of carbonyl (C=O) groups is 2. The van der Waals surface area contributed by atoms with E-state index in [-0.39, 0.29) is 32.7 Å². The number of hydrogen-bond donors (Lipinski definition) is 1. The van der Waals surface area contributed by atoms with Gasteiger partial charge in [-0.2, -0.15) is 0 Å². The Bertz CT molecular complexity index is 1430. The molecule has 1 aromatic heterocycles. The number of amides is 1. The van der Waals surface area contributed by atoms with Crippen molar-refractivity contribution in [2.45, 2.75) is 25.8 Å². The molecule has 0 bridgehead atoms. The average molecular weight is 571 g/mol. The maximum absolute atomic E-state index is 13.5. The Kier molecular flexibility index (Phi) is 7.51. The molecule has 204 valence electrons. The zero-order valence-electron chi connectivity index (χ0n) is 21.7. The second-order valence-electron chi connectivity index (χ2n) is 9.66. The molecule has 3 heterocycles. The number of piperidine rings is 1. The van der Waals surface area contributed by atoms with Gasteiger partial charge in [0.15, 0.2) is 11.5 Å². The van der Waals surface area contributed by atoms with Gasteiger partial charge in [0.2, 0.25) is 0 Å². The monoisotopic (exact) mass is 570 g/mol. The second-order valence-corrected chi connectivity index (χ2v) is 10.4. The smallest absolute Gasteiger partial charge is 0.300 e. The van der Waals surface area contributed by atoms with Crippen LogP contribution in [0.15, 0.2) is 58.7 Å². The van der Waals surface area contributed by atoms with E-state index in [9.17, 15) is 14.7 Å². The highest BCUT2D eigenvalue weighted by Crippen LogP contribution is 2.48. The van der Waals surface area contributed by atoms with E-state index < -0.39 is 23.5 Å². The number of halogens is 2. The Morgan fingerprint density at radius 2 is 1.64 bits per heavy atom. The first-order valence-electron chi connectivity index (χ1n) is 12.6. The number of hydrogen-bond acceptors (Lipinski definition) is 7. The lowest BCUT2D eigenvalue weighted by molar-refractivity contribution is -0.132. The molecule has 1 unspecified atom stereocenters. The van der Waals surface area contributed by atoms with Gasteiger partial charge in [0.25, 0.3) is 11.7 Å². The molecule has 5 rings (SSSR count). The molecule has 0 spiro atoms. The van der Waals surface area contributed by atoms with Gasteiger partial charge in [-0.25, -0.2) is 0 Å². The number of rotatable bonds is 6. The first-order valence-corrected chi connectivity index (χ1v) is 13.3. The number of anilines is 2. The van der Waals surface area contributed by atoms with Crippen molar-refractivity contribution in [1.29, 1.82) is 0 Å². The first-order chi connectivity index (χ1) is 18.8. The van der Waals surface area contributed by atoms with E-state index in [4.69, 9.17) is 37.1 Å². The number of aliphatic hydroxyl groups excluding tert-OH is 1. The van der Waals surface area contributed by atoms with E-state index in [0.29, 0.717) is 17.4 Å². The van der Waals surface area contributed by atoms with Crippen LogP contribution in [0.25, 0.3) is 5.76 Å². The third kappa shape index (κ3) is 4.72. The van der Waals surface area contributed by atoms with Crippen LogP contribution in [0.5, 0.6) is 11.5 Å². The molecular formula is C29H28Cl2N2O6. The topological polar surface area (TPSA) is 92.5 Å². The molecule has 2 saturated heterocycles. The lowest BCUT2D eigenvalue weighted by Crippen LogP contribution is -2.33. The number of furan rings is 1. The van der Waals surface area contributed by atoms with Crippen LogP contribution in [0.2, 0.25) is 10.0 Å². The summed E-state index contributed by atoms with van der Waals surface area (Å²) < 4.78 is 16.3. The van der Waals surface area contributed by atoms with Gasteiger partial charge in [0.05, 0.1) is 36.6 Å². The van der Waals surface area contributed by atoms with Gasteiger partial charge in [0.1, 0.15) is 22.6 Å². The normalized spacial score (nSPS) is 19.6. The van der Waals surface area contributed by atoms with E-state index in [1.54, 1.807) is 24.3 Å². The van der Waals surface area contributed by atoms with Crippen LogP contribution in [0.1, 0.15) is 37.1 Å². The van der Waals surface area contributed by atoms with Crippen LogP contribution in [0, 0.1) is 5.92 Å². The predicted molar refractivity (Wildman–Crippen MR) is 150 cm³/mol. The molecule has 8 nitrogen and oxygen atoms in total.